The summed E-state index contributed by atoms with van der Waals surface area (Å²) >= 11 is 0. The van der Waals surface area contributed by atoms with Crippen molar-refractivity contribution in [2.24, 2.45) is 0 Å². The highest BCUT2D eigenvalue weighted by atomic mass is 16.5. The molecule has 0 bridgehead atoms. The molecule has 2 heterocycles. The molecule has 3 aromatic rings. The number of amides is 1. The number of carbonyl (C=O) groups excluding carboxylic acids is 1. The lowest BCUT2D eigenvalue weighted by molar-refractivity contribution is 0.0499. The van der Waals surface area contributed by atoms with E-state index in [1.54, 1.807) is 6.07 Å². The number of anilines is 1. The minimum absolute atomic E-state index is 0.0634. The fourth-order valence-electron chi connectivity index (χ4n) is 3.77. The summed E-state index contributed by atoms with van der Waals surface area (Å²) in [5.41, 5.74) is 4.59. The van der Waals surface area contributed by atoms with Crippen LogP contribution in [0.5, 0.6) is 0 Å². The summed E-state index contributed by atoms with van der Waals surface area (Å²) in [6, 6.07) is 18.0. The maximum Gasteiger partial charge on any atom is 0.276 e. The largest absolute Gasteiger partial charge is 0.378 e. The average Bonchev–Trinajstić information content (AvgIpc) is 3.46. The Kier molecular flexibility index (Phi) is 6.37. The molecule has 0 saturated carbocycles. The van der Waals surface area contributed by atoms with Crippen LogP contribution < -0.4 is 4.90 Å². The van der Waals surface area contributed by atoms with E-state index in [4.69, 9.17) is 9.26 Å². The van der Waals surface area contributed by atoms with Crippen LogP contribution in [0.15, 0.2) is 59.1 Å². The first-order valence-electron chi connectivity index (χ1n) is 10.7. The third kappa shape index (κ3) is 5.14. The second kappa shape index (κ2) is 9.35. The Morgan fingerprint density at radius 3 is 2.48 bits per heavy atom. The van der Waals surface area contributed by atoms with Gasteiger partial charge in [0, 0.05) is 51.1 Å². The zero-order valence-electron chi connectivity index (χ0n) is 18.4. The SMILES string of the molecule is Cc1ccc(-c2cc(C(=O)N(Cc3ccc(N(C)C)cc3)C[C@@H]3CCCO3)no2)cc1. The fraction of sp³-hybridized carbons (Fsp3) is 0.360. The number of benzene rings is 2. The minimum Gasteiger partial charge on any atom is -0.378 e. The van der Waals surface area contributed by atoms with Crippen LogP contribution in [-0.4, -0.2) is 49.3 Å². The molecule has 1 amide bonds. The smallest absolute Gasteiger partial charge is 0.276 e. The topological polar surface area (TPSA) is 58.8 Å². The number of rotatable bonds is 7. The van der Waals surface area contributed by atoms with E-state index in [-0.39, 0.29) is 12.0 Å². The average molecular weight is 420 g/mol. The highest BCUT2D eigenvalue weighted by molar-refractivity contribution is 5.93. The van der Waals surface area contributed by atoms with Crippen molar-refractivity contribution in [1.29, 1.82) is 0 Å². The Bertz CT molecular complexity index is 1000. The Labute approximate surface area is 183 Å². The number of aromatic nitrogens is 1. The Hall–Kier alpha value is -3.12. The summed E-state index contributed by atoms with van der Waals surface area (Å²) in [6.07, 6.45) is 2.07. The number of aryl methyl sites for hydroxylation is 1. The molecular weight excluding hydrogens is 390 g/mol. The molecule has 0 N–H and O–H groups in total. The van der Waals surface area contributed by atoms with Crippen LogP contribution in [0.2, 0.25) is 0 Å². The van der Waals surface area contributed by atoms with Gasteiger partial charge in [0.25, 0.3) is 5.91 Å². The predicted molar refractivity (Wildman–Crippen MR) is 121 cm³/mol. The van der Waals surface area contributed by atoms with E-state index in [9.17, 15) is 4.79 Å². The van der Waals surface area contributed by atoms with Gasteiger partial charge in [0.2, 0.25) is 0 Å². The van der Waals surface area contributed by atoms with E-state index >= 15 is 0 Å². The van der Waals surface area contributed by atoms with Crippen LogP contribution in [0.4, 0.5) is 5.69 Å². The molecule has 1 aromatic heterocycles. The first kappa shape index (κ1) is 21.1. The van der Waals surface area contributed by atoms with Gasteiger partial charge in [0.05, 0.1) is 6.10 Å². The number of hydrogen-bond acceptors (Lipinski definition) is 5. The van der Waals surface area contributed by atoms with E-state index in [0.717, 1.165) is 36.3 Å². The quantitative estimate of drug-likeness (QED) is 0.563. The van der Waals surface area contributed by atoms with Gasteiger partial charge in [-0.25, -0.2) is 0 Å². The van der Waals surface area contributed by atoms with Crippen molar-refractivity contribution < 1.29 is 14.1 Å². The first-order valence-corrected chi connectivity index (χ1v) is 10.7. The Balaban J connectivity index is 1.54. The molecule has 1 atom stereocenters. The summed E-state index contributed by atoms with van der Waals surface area (Å²) in [4.78, 5) is 17.2. The van der Waals surface area contributed by atoms with Crippen LogP contribution in [-0.2, 0) is 11.3 Å². The van der Waals surface area contributed by atoms with Crippen molar-refractivity contribution in [3.8, 4) is 11.3 Å². The number of nitrogens with zero attached hydrogens (tertiary/aromatic N) is 3. The normalized spacial score (nSPS) is 15.8. The first-order chi connectivity index (χ1) is 15.0. The van der Waals surface area contributed by atoms with Gasteiger partial charge in [-0.1, -0.05) is 47.1 Å². The molecule has 1 aliphatic heterocycles. The molecule has 4 rings (SSSR count). The zero-order chi connectivity index (χ0) is 21.8. The van der Waals surface area contributed by atoms with Gasteiger partial charge in [-0.05, 0) is 37.5 Å². The zero-order valence-corrected chi connectivity index (χ0v) is 18.4. The van der Waals surface area contributed by atoms with Gasteiger partial charge in [-0.15, -0.1) is 0 Å². The number of ether oxygens (including phenoxy) is 1. The van der Waals surface area contributed by atoms with Crippen molar-refractivity contribution in [2.75, 3.05) is 32.1 Å². The molecule has 2 aromatic carbocycles. The number of hydrogen-bond donors (Lipinski definition) is 0. The maximum atomic E-state index is 13.4. The standard InChI is InChI=1S/C25H29N3O3/c1-18-6-10-20(11-7-18)24-15-23(26-31-24)25(29)28(17-22-5-4-14-30-22)16-19-8-12-21(13-9-19)27(2)3/h6-13,15,22H,4-5,14,16-17H2,1-3H3/t22-/m0/s1. The Morgan fingerprint density at radius 1 is 1.10 bits per heavy atom. The van der Waals surface area contributed by atoms with Crippen LogP contribution >= 0.6 is 0 Å². The molecule has 0 unspecified atom stereocenters. The minimum atomic E-state index is -0.144. The van der Waals surface area contributed by atoms with E-state index < -0.39 is 0 Å². The van der Waals surface area contributed by atoms with Crippen LogP contribution in [0.1, 0.15) is 34.5 Å². The van der Waals surface area contributed by atoms with E-state index in [2.05, 4.69) is 34.3 Å². The van der Waals surface area contributed by atoms with E-state index in [1.807, 2.05) is 50.2 Å². The van der Waals surface area contributed by atoms with Crippen molar-refractivity contribution in [3.63, 3.8) is 0 Å². The predicted octanol–water partition coefficient (Wildman–Crippen LogP) is 4.54. The van der Waals surface area contributed by atoms with Gasteiger partial charge in [-0.3, -0.25) is 4.79 Å². The maximum absolute atomic E-state index is 13.4. The second-order valence-electron chi connectivity index (χ2n) is 8.32. The molecule has 6 nitrogen and oxygen atoms in total. The monoisotopic (exact) mass is 419 g/mol. The van der Waals surface area contributed by atoms with Crippen LogP contribution in [0.3, 0.4) is 0 Å². The highest BCUT2D eigenvalue weighted by Crippen LogP contribution is 2.23. The molecule has 1 aliphatic rings. The third-order valence-corrected chi connectivity index (χ3v) is 5.63. The van der Waals surface area contributed by atoms with E-state index in [0.29, 0.717) is 24.5 Å². The molecule has 1 saturated heterocycles. The molecule has 1 fully saturated rings. The fourth-order valence-corrected chi connectivity index (χ4v) is 3.77. The van der Waals surface area contributed by atoms with Gasteiger partial charge in [0.15, 0.2) is 11.5 Å². The van der Waals surface area contributed by atoms with Crippen LogP contribution in [0, 0.1) is 6.92 Å². The lowest BCUT2D eigenvalue weighted by Gasteiger charge is -2.25. The van der Waals surface area contributed by atoms with Crippen molar-refractivity contribution in [3.05, 3.63) is 71.4 Å². The van der Waals surface area contributed by atoms with Gasteiger partial charge < -0.3 is 19.1 Å². The van der Waals surface area contributed by atoms with E-state index in [1.165, 1.54) is 5.56 Å². The van der Waals surface area contributed by atoms with Gasteiger partial charge in [-0.2, -0.15) is 0 Å². The summed E-state index contributed by atoms with van der Waals surface area (Å²) in [5, 5.41) is 4.08. The molecule has 0 aliphatic carbocycles. The third-order valence-electron chi connectivity index (χ3n) is 5.63. The summed E-state index contributed by atoms with van der Waals surface area (Å²) < 4.78 is 11.3. The second-order valence-corrected chi connectivity index (χ2v) is 8.32. The van der Waals surface area contributed by atoms with Crippen molar-refractivity contribution in [2.45, 2.75) is 32.4 Å². The Morgan fingerprint density at radius 2 is 1.84 bits per heavy atom. The van der Waals surface area contributed by atoms with Crippen LogP contribution in [0.25, 0.3) is 11.3 Å². The van der Waals surface area contributed by atoms with Gasteiger partial charge >= 0.3 is 0 Å². The lowest BCUT2D eigenvalue weighted by Crippen LogP contribution is -2.37. The van der Waals surface area contributed by atoms with Gasteiger partial charge in [0.1, 0.15) is 0 Å². The summed E-state index contributed by atoms with van der Waals surface area (Å²) in [5.74, 6) is 0.449. The summed E-state index contributed by atoms with van der Waals surface area (Å²) in [7, 11) is 4.02. The molecule has 0 spiro atoms. The molecular formula is C25H29N3O3. The molecule has 162 valence electrons. The summed E-state index contributed by atoms with van der Waals surface area (Å²) in [6.45, 7) is 3.83. The molecule has 0 radical (unpaired) electrons. The highest BCUT2D eigenvalue weighted by Gasteiger charge is 2.26. The lowest BCUT2D eigenvalue weighted by atomic mass is 10.1. The van der Waals surface area contributed by atoms with Crippen molar-refractivity contribution in [1.82, 2.24) is 10.1 Å². The molecule has 31 heavy (non-hydrogen) atoms. The molecule has 6 heteroatoms. The van der Waals surface area contributed by atoms with Crippen molar-refractivity contribution >= 4 is 11.6 Å². The number of carbonyl (C=O) groups is 1.